The summed E-state index contributed by atoms with van der Waals surface area (Å²) in [6, 6.07) is 0.0655. The molecule has 0 aromatic heterocycles. The fraction of sp³-hybridized carbons (Fsp3) is 0.909. The maximum atomic E-state index is 11.0. The lowest BCUT2D eigenvalue weighted by molar-refractivity contribution is -0.139. The number of carbonyl (C=O) groups is 1. The zero-order valence-electron chi connectivity index (χ0n) is 9.53. The topological polar surface area (TPSA) is 49.3 Å². The third-order valence-corrected chi connectivity index (χ3v) is 4.12. The van der Waals surface area contributed by atoms with Gasteiger partial charge in [-0.1, -0.05) is 13.3 Å². The number of carboxylic acid groups (broad SMARTS) is 1. The fourth-order valence-electron chi connectivity index (χ4n) is 2.16. The Morgan fingerprint density at radius 2 is 2.33 bits per heavy atom. The largest absolute Gasteiger partial charge is 0.480 e. The molecule has 0 aromatic carbocycles. The fourth-order valence-corrected chi connectivity index (χ4v) is 2.95. The molecule has 88 valence electrons. The van der Waals surface area contributed by atoms with Crippen molar-refractivity contribution in [2.24, 2.45) is 0 Å². The minimum Gasteiger partial charge on any atom is -0.480 e. The Labute approximate surface area is 96.0 Å². The van der Waals surface area contributed by atoms with Crippen LogP contribution in [0, 0.1) is 0 Å². The highest BCUT2D eigenvalue weighted by molar-refractivity contribution is 7.99. The Kier molecular flexibility index (Phi) is 5.47. The first kappa shape index (κ1) is 12.8. The highest BCUT2D eigenvalue weighted by Gasteiger charge is 2.27. The minimum atomic E-state index is -0.704. The van der Waals surface area contributed by atoms with Crippen molar-refractivity contribution in [3.8, 4) is 0 Å². The second-order valence-corrected chi connectivity index (χ2v) is 5.35. The van der Waals surface area contributed by atoms with Crippen LogP contribution in [0.4, 0.5) is 0 Å². The van der Waals surface area contributed by atoms with E-state index in [9.17, 15) is 4.79 Å². The lowest BCUT2D eigenvalue weighted by atomic mass is 10.1. The molecule has 0 aliphatic heterocycles. The number of aliphatic carboxylic acids is 1. The predicted octanol–water partition coefficient (Wildman–Crippen LogP) is 2.11. The molecule has 0 radical (unpaired) electrons. The van der Waals surface area contributed by atoms with Gasteiger partial charge in [0.15, 0.2) is 0 Å². The summed E-state index contributed by atoms with van der Waals surface area (Å²) in [4.78, 5) is 11.0. The average molecular weight is 231 g/mol. The highest BCUT2D eigenvalue weighted by atomic mass is 32.2. The molecule has 1 aliphatic rings. The molecule has 1 fully saturated rings. The Morgan fingerprint density at radius 3 is 2.80 bits per heavy atom. The predicted molar refractivity (Wildman–Crippen MR) is 64.4 cm³/mol. The SMILES string of the molecule is CCCC(NC1CCC(SC)C1)C(=O)O. The molecular formula is C11H21NO2S. The summed E-state index contributed by atoms with van der Waals surface area (Å²) in [7, 11) is 0. The zero-order chi connectivity index (χ0) is 11.3. The first-order chi connectivity index (χ1) is 7.17. The van der Waals surface area contributed by atoms with Gasteiger partial charge in [-0.25, -0.2) is 0 Å². The molecule has 3 unspecified atom stereocenters. The molecule has 4 heteroatoms. The maximum Gasteiger partial charge on any atom is 0.320 e. The van der Waals surface area contributed by atoms with E-state index in [1.165, 1.54) is 6.42 Å². The minimum absolute atomic E-state index is 0.347. The van der Waals surface area contributed by atoms with Gasteiger partial charge < -0.3 is 10.4 Å². The number of hydrogen-bond acceptors (Lipinski definition) is 3. The van der Waals surface area contributed by atoms with Crippen LogP contribution >= 0.6 is 11.8 Å². The van der Waals surface area contributed by atoms with Crippen LogP contribution in [0.2, 0.25) is 0 Å². The van der Waals surface area contributed by atoms with E-state index in [0.717, 1.165) is 30.9 Å². The van der Waals surface area contributed by atoms with Crippen LogP contribution in [-0.4, -0.2) is 34.7 Å². The van der Waals surface area contributed by atoms with Gasteiger partial charge in [-0.2, -0.15) is 11.8 Å². The molecule has 0 aromatic rings. The summed E-state index contributed by atoms with van der Waals surface area (Å²) in [6.07, 6.45) is 7.25. The molecule has 1 saturated carbocycles. The molecule has 0 amide bonds. The molecule has 2 N–H and O–H groups in total. The van der Waals surface area contributed by atoms with Crippen molar-refractivity contribution in [2.45, 2.75) is 56.4 Å². The third kappa shape index (κ3) is 4.03. The van der Waals surface area contributed by atoms with E-state index in [1.807, 2.05) is 18.7 Å². The monoisotopic (exact) mass is 231 g/mol. The van der Waals surface area contributed by atoms with Crippen molar-refractivity contribution in [1.29, 1.82) is 0 Å². The van der Waals surface area contributed by atoms with Crippen LogP contribution in [0.1, 0.15) is 39.0 Å². The van der Waals surface area contributed by atoms with E-state index in [4.69, 9.17) is 5.11 Å². The van der Waals surface area contributed by atoms with Crippen LogP contribution in [0.15, 0.2) is 0 Å². The van der Waals surface area contributed by atoms with E-state index in [-0.39, 0.29) is 6.04 Å². The smallest absolute Gasteiger partial charge is 0.320 e. The number of hydrogen-bond donors (Lipinski definition) is 2. The van der Waals surface area contributed by atoms with Crippen LogP contribution in [0.5, 0.6) is 0 Å². The third-order valence-electron chi connectivity index (χ3n) is 3.03. The van der Waals surface area contributed by atoms with E-state index in [2.05, 4.69) is 11.6 Å². The Hall–Kier alpha value is -0.220. The van der Waals surface area contributed by atoms with Crippen molar-refractivity contribution in [1.82, 2.24) is 5.32 Å². The number of carboxylic acids is 1. The van der Waals surface area contributed by atoms with Crippen molar-refractivity contribution >= 4 is 17.7 Å². The molecule has 0 bridgehead atoms. The van der Waals surface area contributed by atoms with Gasteiger partial charge in [0.1, 0.15) is 6.04 Å². The molecule has 3 atom stereocenters. The summed E-state index contributed by atoms with van der Waals surface area (Å²) in [6.45, 7) is 2.02. The van der Waals surface area contributed by atoms with Gasteiger partial charge in [-0.15, -0.1) is 0 Å². The molecule has 15 heavy (non-hydrogen) atoms. The van der Waals surface area contributed by atoms with Crippen LogP contribution in [-0.2, 0) is 4.79 Å². The van der Waals surface area contributed by atoms with Gasteiger partial charge in [0.25, 0.3) is 0 Å². The highest BCUT2D eigenvalue weighted by Crippen LogP contribution is 2.28. The summed E-state index contributed by atoms with van der Waals surface area (Å²) in [5.41, 5.74) is 0. The van der Waals surface area contributed by atoms with Crippen LogP contribution in [0.25, 0.3) is 0 Å². The van der Waals surface area contributed by atoms with Gasteiger partial charge >= 0.3 is 5.97 Å². The van der Waals surface area contributed by atoms with Crippen LogP contribution < -0.4 is 5.32 Å². The van der Waals surface area contributed by atoms with Gasteiger partial charge in [-0.3, -0.25) is 4.79 Å². The molecule has 0 heterocycles. The standard InChI is InChI=1S/C11H21NO2S/c1-3-4-10(11(13)14)12-8-5-6-9(7-8)15-2/h8-10,12H,3-7H2,1-2H3,(H,13,14). The lowest BCUT2D eigenvalue weighted by Gasteiger charge is -2.19. The molecule has 1 aliphatic carbocycles. The summed E-state index contributed by atoms with van der Waals surface area (Å²) in [5.74, 6) is -0.704. The van der Waals surface area contributed by atoms with Crippen LogP contribution in [0.3, 0.4) is 0 Å². The Bertz CT molecular complexity index is 211. The summed E-state index contributed by atoms with van der Waals surface area (Å²) < 4.78 is 0. The Morgan fingerprint density at radius 1 is 1.60 bits per heavy atom. The molecular weight excluding hydrogens is 210 g/mol. The second-order valence-electron chi connectivity index (χ2n) is 4.21. The van der Waals surface area contributed by atoms with Gasteiger partial charge in [0.2, 0.25) is 0 Å². The van der Waals surface area contributed by atoms with Gasteiger partial charge in [-0.05, 0) is 31.9 Å². The van der Waals surface area contributed by atoms with E-state index in [0.29, 0.717) is 6.04 Å². The zero-order valence-corrected chi connectivity index (χ0v) is 10.3. The molecule has 0 spiro atoms. The summed E-state index contributed by atoms with van der Waals surface area (Å²) >= 11 is 1.90. The summed E-state index contributed by atoms with van der Waals surface area (Å²) in [5, 5.41) is 13.0. The number of nitrogens with one attached hydrogen (secondary N) is 1. The van der Waals surface area contributed by atoms with Crippen molar-refractivity contribution in [3.05, 3.63) is 0 Å². The number of rotatable bonds is 6. The van der Waals surface area contributed by atoms with Gasteiger partial charge in [0.05, 0.1) is 0 Å². The van der Waals surface area contributed by atoms with Gasteiger partial charge in [0, 0.05) is 11.3 Å². The maximum absolute atomic E-state index is 11.0. The number of thioether (sulfide) groups is 1. The van der Waals surface area contributed by atoms with Crippen molar-refractivity contribution in [2.75, 3.05) is 6.26 Å². The first-order valence-corrected chi connectivity index (χ1v) is 6.97. The van der Waals surface area contributed by atoms with E-state index in [1.54, 1.807) is 0 Å². The molecule has 3 nitrogen and oxygen atoms in total. The molecule has 1 rings (SSSR count). The normalized spacial score (nSPS) is 27.9. The van der Waals surface area contributed by atoms with Crippen molar-refractivity contribution < 1.29 is 9.90 Å². The Balaban J connectivity index is 2.35. The lowest BCUT2D eigenvalue weighted by Crippen LogP contribution is -2.42. The quantitative estimate of drug-likeness (QED) is 0.735. The molecule has 0 saturated heterocycles. The second kappa shape index (κ2) is 6.38. The van der Waals surface area contributed by atoms with E-state index < -0.39 is 5.97 Å². The van der Waals surface area contributed by atoms with Crippen molar-refractivity contribution in [3.63, 3.8) is 0 Å². The van der Waals surface area contributed by atoms with E-state index >= 15 is 0 Å². The first-order valence-electron chi connectivity index (χ1n) is 5.69. The average Bonchev–Trinajstić information content (AvgIpc) is 2.65.